The van der Waals surface area contributed by atoms with Crippen LogP contribution in [0.15, 0.2) is 40.9 Å². The van der Waals surface area contributed by atoms with E-state index < -0.39 is 5.97 Å². The van der Waals surface area contributed by atoms with Gasteiger partial charge < -0.3 is 18.9 Å². The minimum atomic E-state index is -0.486. The first-order valence-electron chi connectivity index (χ1n) is 6.81. The molecule has 0 aromatic heterocycles. The monoisotopic (exact) mass is 380 g/mol. The molecule has 0 saturated carbocycles. The van der Waals surface area contributed by atoms with Gasteiger partial charge in [0.25, 0.3) is 0 Å². The van der Waals surface area contributed by atoms with Gasteiger partial charge in [-0.3, -0.25) is 0 Å². The molecule has 0 bridgehead atoms. The first kappa shape index (κ1) is 17.1. The van der Waals surface area contributed by atoms with E-state index in [-0.39, 0.29) is 6.61 Å². The van der Waals surface area contributed by atoms with Crippen molar-refractivity contribution in [3.05, 3.63) is 52.0 Å². The molecule has 0 aliphatic heterocycles. The Morgan fingerprint density at radius 1 is 1.04 bits per heavy atom. The molecule has 0 aliphatic rings. The first-order chi connectivity index (χ1) is 11.1. The SMILES string of the molecule is COC(=O)c1cccc(OC)c1OCc1cc(Br)ccc1OC. The molecule has 0 saturated heterocycles. The van der Waals surface area contributed by atoms with Crippen LogP contribution in [-0.4, -0.2) is 27.3 Å². The fraction of sp³-hybridized carbons (Fsp3) is 0.235. The highest BCUT2D eigenvalue weighted by Crippen LogP contribution is 2.33. The van der Waals surface area contributed by atoms with Crippen molar-refractivity contribution < 1.29 is 23.7 Å². The summed E-state index contributed by atoms with van der Waals surface area (Å²) in [6.07, 6.45) is 0. The summed E-state index contributed by atoms with van der Waals surface area (Å²) in [6.45, 7) is 0.215. The van der Waals surface area contributed by atoms with Gasteiger partial charge in [0.1, 0.15) is 17.9 Å². The summed E-state index contributed by atoms with van der Waals surface area (Å²) in [5.41, 5.74) is 1.14. The maximum atomic E-state index is 11.9. The fourth-order valence-electron chi connectivity index (χ4n) is 2.11. The summed E-state index contributed by atoms with van der Waals surface area (Å²) in [5, 5.41) is 0. The number of carbonyl (C=O) groups is 1. The third kappa shape index (κ3) is 3.96. The number of ether oxygens (including phenoxy) is 4. The number of halogens is 1. The number of benzene rings is 2. The van der Waals surface area contributed by atoms with Crippen molar-refractivity contribution in [1.29, 1.82) is 0 Å². The molecule has 5 nitrogen and oxygen atoms in total. The van der Waals surface area contributed by atoms with Crippen LogP contribution in [0.2, 0.25) is 0 Å². The zero-order valence-electron chi connectivity index (χ0n) is 13.1. The number of carbonyl (C=O) groups excluding carboxylic acids is 1. The van der Waals surface area contributed by atoms with E-state index in [1.807, 2.05) is 18.2 Å². The molecule has 0 heterocycles. The normalized spacial score (nSPS) is 10.1. The Morgan fingerprint density at radius 3 is 2.43 bits per heavy atom. The van der Waals surface area contributed by atoms with Gasteiger partial charge in [-0.15, -0.1) is 0 Å². The summed E-state index contributed by atoms with van der Waals surface area (Å²) in [4.78, 5) is 11.9. The lowest BCUT2D eigenvalue weighted by molar-refractivity contribution is 0.0594. The third-order valence-corrected chi connectivity index (χ3v) is 3.71. The predicted octanol–water partition coefficient (Wildman–Crippen LogP) is 3.83. The highest BCUT2D eigenvalue weighted by Gasteiger charge is 2.18. The number of hydrogen-bond acceptors (Lipinski definition) is 5. The van der Waals surface area contributed by atoms with E-state index in [1.54, 1.807) is 25.3 Å². The van der Waals surface area contributed by atoms with E-state index in [4.69, 9.17) is 18.9 Å². The van der Waals surface area contributed by atoms with Crippen molar-refractivity contribution in [2.45, 2.75) is 6.61 Å². The maximum absolute atomic E-state index is 11.9. The largest absolute Gasteiger partial charge is 0.496 e. The quantitative estimate of drug-likeness (QED) is 0.712. The minimum Gasteiger partial charge on any atom is -0.496 e. The first-order valence-corrected chi connectivity index (χ1v) is 7.60. The van der Waals surface area contributed by atoms with E-state index in [9.17, 15) is 4.79 Å². The summed E-state index contributed by atoms with van der Waals surface area (Å²) >= 11 is 3.42. The molecule has 2 aromatic carbocycles. The molecule has 0 spiro atoms. The maximum Gasteiger partial charge on any atom is 0.341 e. The van der Waals surface area contributed by atoms with Gasteiger partial charge in [0.15, 0.2) is 11.5 Å². The molecule has 6 heteroatoms. The van der Waals surface area contributed by atoms with Gasteiger partial charge in [-0.05, 0) is 30.3 Å². The second kappa shape index (κ2) is 7.87. The highest BCUT2D eigenvalue weighted by molar-refractivity contribution is 9.10. The Kier molecular flexibility index (Phi) is 5.87. The van der Waals surface area contributed by atoms with E-state index in [0.717, 1.165) is 10.0 Å². The Bertz CT molecular complexity index is 699. The zero-order chi connectivity index (χ0) is 16.8. The molecule has 0 radical (unpaired) electrons. The van der Waals surface area contributed by atoms with E-state index >= 15 is 0 Å². The van der Waals surface area contributed by atoms with Crippen molar-refractivity contribution in [3.63, 3.8) is 0 Å². The van der Waals surface area contributed by atoms with Crippen molar-refractivity contribution in [2.75, 3.05) is 21.3 Å². The van der Waals surface area contributed by atoms with Crippen molar-refractivity contribution in [3.8, 4) is 17.2 Å². The summed E-state index contributed by atoms with van der Waals surface area (Å²) in [6, 6.07) is 10.7. The predicted molar refractivity (Wildman–Crippen MR) is 89.4 cm³/mol. The minimum absolute atomic E-state index is 0.215. The lowest BCUT2D eigenvalue weighted by Crippen LogP contribution is -2.07. The van der Waals surface area contributed by atoms with Crippen LogP contribution in [0.25, 0.3) is 0 Å². The van der Waals surface area contributed by atoms with E-state index in [2.05, 4.69) is 15.9 Å². The summed E-state index contributed by atoms with van der Waals surface area (Å²) in [5.74, 6) is 1.01. The number of rotatable bonds is 6. The van der Waals surface area contributed by atoms with Crippen molar-refractivity contribution in [2.24, 2.45) is 0 Å². The van der Waals surface area contributed by atoms with Gasteiger partial charge >= 0.3 is 5.97 Å². The molecule has 0 atom stereocenters. The molecular formula is C17H17BrO5. The average molecular weight is 381 g/mol. The number of methoxy groups -OCH3 is 3. The second-order valence-corrected chi connectivity index (χ2v) is 5.49. The van der Waals surface area contributed by atoms with Crippen LogP contribution in [0.3, 0.4) is 0 Å². The fourth-order valence-corrected chi connectivity index (χ4v) is 2.51. The van der Waals surface area contributed by atoms with Crippen LogP contribution in [-0.2, 0) is 11.3 Å². The third-order valence-electron chi connectivity index (χ3n) is 3.22. The highest BCUT2D eigenvalue weighted by atomic mass is 79.9. The van der Waals surface area contributed by atoms with Crippen LogP contribution in [0.5, 0.6) is 17.2 Å². The summed E-state index contributed by atoms with van der Waals surface area (Å²) in [7, 11) is 4.43. The number of para-hydroxylation sites is 1. The van der Waals surface area contributed by atoms with Gasteiger partial charge in [-0.25, -0.2) is 4.79 Å². The van der Waals surface area contributed by atoms with Gasteiger partial charge in [-0.1, -0.05) is 22.0 Å². The Hall–Kier alpha value is -2.21. The molecule has 0 N–H and O–H groups in total. The lowest BCUT2D eigenvalue weighted by atomic mass is 10.1. The van der Waals surface area contributed by atoms with Crippen LogP contribution in [0.4, 0.5) is 0 Å². The van der Waals surface area contributed by atoms with Crippen molar-refractivity contribution in [1.82, 2.24) is 0 Å². The van der Waals surface area contributed by atoms with Crippen molar-refractivity contribution >= 4 is 21.9 Å². The number of hydrogen-bond donors (Lipinski definition) is 0. The molecule has 122 valence electrons. The van der Waals surface area contributed by atoms with Crippen LogP contribution >= 0.6 is 15.9 Å². The van der Waals surface area contributed by atoms with Gasteiger partial charge in [0.05, 0.1) is 21.3 Å². The molecule has 2 rings (SSSR count). The van der Waals surface area contributed by atoms with E-state index in [1.165, 1.54) is 14.2 Å². The molecule has 0 aliphatic carbocycles. The Labute approximate surface area is 143 Å². The molecular weight excluding hydrogens is 364 g/mol. The average Bonchev–Trinajstić information content (AvgIpc) is 2.58. The van der Waals surface area contributed by atoms with Gasteiger partial charge in [0, 0.05) is 10.0 Å². The smallest absolute Gasteiger partial charge is 0.341 e. The van der Waals surface area contributed by atoms with Gasteiger partial charge in [0.2, 0.25) is 0 Å². The van der Waals surface area contributed by atoms with E-state index in [0.29, 0.717) is 22.8 Å². The van der Waals surface area contributed by atoms with Crippen LogP contribution in [0.1, 0.15) is 15.9 Å². The Balaban J connectivity index is 2.33. The van der Waals surface area contributed by atoms with Crippen LogP contribution < -0.4 is 14.2 Å². The standard InChI is InChI=1S/C17H17BrO5/c1-20-14-8-7-12(18)9-11(14)10-23-16-13(17(19)22-3)5-4-6-15(16)21-2/h4-9H,10H2,1-3H3. The molecule has 2 aromatic rings. The molecule has 0 fully saturated rings. The molecule has 23 heavy (non-hydrogen) atoms. The van der Waals surface area contributed by atoms with Crippen LogP contribution in [0, 0.1) is 0 Å². The summed E-state index contributed by atoms with van der Waals surface area (Å²) < 4.78 is 22.1. The number of esters is 1. The second-order valence-electron chi connectivity index (χ2n) is 4.57. The molecule has 0 unspecified atom stereocenters. The topological polar surface area (TPSA) is 54.0 Å². The zero-order valence-corrected chi connectivity index (χ0v) is 14.7. The molecule has 0 amide bonds. The lowest BCUT2D eigenvalue weighted by Gasteiger charge is -2.15. The Morgan fingerprint density at radius 2 is 1.78 bits per heavy atom. The van der Waals surface area contributed by atoms with Gasteiger partial charge in [-0.2, -0.15) is 0 Å².